The highest BCUT2D eigenvalue weighted by Gasteiger charge is 2.20. The fourth-order valence-corrected chi connectivity index (χ4v) is 4.44. The van der Waals surface area contributed by atoms with Crippen LogP contribution in [-0.2, 0) is 0 Å². The number of halogens is 3. The second-order valence-electron chi connectivity index (χ2n) is 5.68. The maximum atomic E-state index is 6.13. The summed E-state index contributed by atoms with van der Waals surface area (Å²) in [6.07, 6.45) is 0. The zero-order valence-corrected chi connectivity index (χ0v) is 15.8. The molecule has 1 aromatic heterocycles. The predicted octanol–water partition coefficient (Wildman–Crippen LogP) is 5.58. The van der Waals surface area contributed by atoms with Crippen molar-refractivity contribution in [1.82, 2.24) is 4.98 Å². The molecule has 1 aliphatic heterocycles. The van der Waals surface area contributed by atoms with E-state index in [0.29, 0.717) is 10.0 Å². The van der Waals surface area contributed by atoms with E-state index in [1.165, 1.54) is 0 Å². The summed E-state index contributed by atoms with van der Waals surface area (Å²) in [6.45, 7) is 3.70. The molecule has 0 bridgehead atoms. The number of hydrogen-bond donors (Lipinski definition) is 0. The van der Waals surface area contributed by atoms with Crippen molar-refractivity contribution in [3.05, 3.63) is 51.5 Å². The molecule has 1 saturated heterocycles. The SMILES string of the molecule is Clc1ccc2nc(N3CCN(c4ccc(Cl)c(Cl)c4)CC3)sc2c1. The molecule has 2 heterocycles. The van der Waals surface area contributed by atoms with Crippen molar-refractivity contribution in [3.8, 4) is 0 Å². The number of piperazine rings is 1. The van der Waals surface area contributed by atoms with E-state index in [4.69, 9.17) is 39.8 Å². The standard InChI is InChI=1S/C17H14Cl3N3S/c18-11-1-4-15-16(9-11)24-17(21-15)23-7-5-22(6-8-23)12-2-3-13(19)14(20)10-12/h1-4,9-10H,5-8H2. The molecule has 7 heteroatoms. The number of nitrogens with zero attached hydrogens (tertiary/aromatic N) is 3. The van der Waals surface area contributed by atoms with Gasteiger partial charge in [0.15, 0.2) is 5.13 Å². The van der Waals surface area contributed by atoms with Crippen LogP contribution in [-0.4, -0.2) is 31.2 Å². The third kappa shape index (κ3) is 3.16. The molecule has 0 radical (unpaired) electrons. The number of rotatable bonds is 2. The summed E-state index contributed by atoms with van der Waals surface area (Å²) in [6, 6.07) is 11.6. The van der Waals surface area contributed by atoms with Gasteiger partial charge in [-0.2, -0.15) is 0 Å². The maximum absolute atomic E-state index is 6.13. The molecule has 0 saturated carbocycles. The van der Waals surface area contributed by atoms with Gasteiger partial charge >= 0.3 is 0 Å². The monoisotopic (exact) mass is 397 g/mol. The minimum Gasteiger partial charge on any atom is -0.368 e. The summed E-state index contributed by atoms with van der Waals surface area (Å²) < 4.78 is 1.13. The molecular formula is C17H14Cl3N3S. The molecule has 4 rings (SSSR count). The Hall–Kier alpha value is -1.20. The highest BCUT2D eigenvalue weighted by Crippen LogP contribution is 2.32. The number of hydrogen-bond acceptors (Lipinski definition) is 4. The lowest BCUT2D eigenvalue weighted by atomic mass is 10.2. The topological polar surface area (TPSA) is 19.4 Å². The fourth-order valence-electron chi connectivity index (χ4n) is 2.86. The van der Waals surface area contributed by atoms with Crippen LogP contribution in [0.4, 0.5) is 10.8 Å². The second-order valence-corrected chi connectivity index (χ2v) is 7.94. The number of thiazole rings is 1. The molecule has 0 amide bonds. The Balaban J connectivity index is 1.49. The Kier molecular flexibility index (Phi) is 4.48. The minimum atomic E-state index is 0.590. The second kappa shape index (κ2) is 6.60. The van der Waals surface area contributed by atoms with Gasteiger partial charge in [-0.15, -0.1) is 0 Å². The highest BCUT2D eigenvalue weighted by molar-refractivity contribution is 7.22. The summed E-state index contributed by atoms with van der Waals surface area (Å²) >= 11 is 19.9. The molecular weight excluding hydrogens is 385 g/mol. The Labute approximate surface area is 159 Å². The number of aromatic nitrogens is 1. The van der Waals surface area contributed by atoms with E-state index in [1.807, 2.05) is 36.4 Å². The fraction of sp³-hybridized carbons (Fsp3) is 0.235. The Morgan fingerprint density at radius 1 is 0.833 bits per heavy atom. The minimum absolute atomic E-state index is 0.590. The summed E-state index contributed by atoms with van der Waals surface area (Å²) in [7, 11) is 0. The van der Waals surface area contributed by atoms with E-state index in [2.05, 4.69) is 9.80 Å². The van der Waals surface area contributed by atoms with Crippen LogP contribution in [0, 0.1) is 0 Å². The molecule has 0 aliphatic carbocycles. The smallest absolute Gasteiger partial charge is 0.186 e. The molecule has 24 heavy (non-hydrogen) atoms. The van der Waals surface area contributed by atoms with Crippen LogP contribution in [0.5, 0.6) is 0 Å². The number of benzene rings is 2. The first-order valence-electron chi connectivity index (χ1n) is 7.61. The van der Waals surface area contributed by atoms with Crippen molar-refractivity contribution < 1.29 is 0 Å². The molecule has 3 aromatic rings. The van der Waals surface area contributed by atoms with Crippen molar-refractivity contribution in [3.63, 3.8) is 0 Å². The quantitative estimate of drug-likeness (QED) is 0.561. The van der Waals surface area contributed by atoms with Gasteiger partial charge in [0.2, 0.25) is 0 Å². The molecule has 0 atom stereocenters. The molecule has 1 aliphatic rings. The summed E-state index contributed by atoms with van der Waals surface area (Å²) in [5.74, 6) is 0. The zero-order valence-electron chi connectivity index (χ0n) is 12.7. The van der Waals surface area contributed by atoms with Crippen molar-refractivity contribution >= 4 is 67.2 Å². The molecule has 3 nitrogen and oxygen atoms in total. The lowest BCUT2D eigenvalue weighted by Gasteiger charge is -2.36. The maximum Gasteiger partial charge on any atom is 0.186 e. The van der Waals surface area contributed by atoms with Gasteiger partial charge in [0, 0.05) is 36.9 Å². The van der Waals surface area contributed by atoms with Gasteiger partial charge in [-0.05, 0) is 36.4 Å². The van der Waals surface area contributed by atoms with E-state index in [0.717, 1.165) is 52.2 Å². The average Bonchev–Trinajstić information content (AvgIpc) is 3.00. The Morgan fingerprint density at radius 3 is 2.33 bits per heavy atom. The number of anilines is 2. The van der Waals surface area contributed by atoms with Gasteiger partial charge in [0.05, 0.1) is 20.3 Å². The summed E-state index contributed by atoms with van der Waals surface area (Å²) in [5, 5.41) is 3.00. The average molecular weight is 399 g/mol. The van der Waals surface area contributed by atoms with Crippen LogP contribution in [0.3, 0.4) is 0 Å². The van der Waals surface area contributed by atoms with Crippen molar-refractivity contribution in [2.45, 2.75) is 0 Å². The van der Waals surface area contributed by atoms with Crippen molar-refractivity contribution in [2.24, 2.45) is 0 Å². The Bertz CT molecular complexity index is 888. The van der Waals surface area contributed by atoms with Crippen LogP contribution >= 0.6 is 46.1 Å². The van der Waals surface area contributed by atoms with Crippen LogP contribution in [0.1, 0.15) is 0 Å². The van der Waals surface area contributed by atoms with Crippen LogP contribution in [0.25, 0.3) is 10.2 Å². The third-order valence-corrected chi connectivity index (χ3v) is 6.21. The molecule has 1 fully saturated rings. The van der Waals surface area contributed by atoms with E-state index < -0.39 is 0 Å². The van der Waals surface area contributed by atoms with Crippen molar-refractivity contribution in [2.75, 3.05) is 36.0 Å². The normalized spacial score (nSPS) is 15.3. The van der Waals surface area contributed by atoms with Gasteiger partial charge < -0.3 is 9.80 Å². The number of fused-ring (bicyclic) bond motifs is 1. The molecule has 0 spiro atoms. The zero-order chi connectivity index (χ0) is 16.7. The molecule has 0 unspecified atom stereocenters. The lowest BCUT2D eigenvalue weighted by molar-refractivity contribution is 0.652. The van der Waals surface area contributed by atoms with Crippen LogP contribution in [0.15, 0.2) is 36.4 Å². The van der Waals surface area contributed by atoms with E-state index in [1.54, 1.807) is 11.3 Å². The van der Waals surface area contributed by atoms with Gasteiger partial charge in [0.25, 0.3) is 0 Å². The molecule has 124 valence electrons. The largest absolute Gasteiger partial charge is 0.368 e. The van der Waals surface area contributed by atoms with Gasteiger partial charge in [-0.3, -0.25) is 0 Å². The van der Waals surface area contributed by atoms with E-state index in [-0.39, 0.29) is 0 Å². The lowest BCUT2D eigenvalue weighted by Crippen LogP contribution is -2.46. The summed E-state index contributed by atoms with van der Waals surface area (Å²) in [5.41, 5.74) is 2.12. The first-order chi connectivity index (χ1) is 11.6. The highest BCUT2D eigenvalue weighted by atomic mass is 35.5. The molecule has 2 aromatic carbocycles. The first kappa shape index (κ1) is 16.3. The van der Waals surface area contributed by atoms with Crippen molar-refractivity contribution in [1.29, 1.82) is 0 Å². The van der Waals surface area contributed by atoms with Gasteiger partial charge in [-0.25, -0.2) is 4.98 Å². The van der Waals surface area contributed by atoms with Gasteiger partial charge in [0.1, 0.15) is 0 Å². The van der Waals surface area contributed by atoms with Crippen LogP contribution < -0.4 is 9.80 Å². The first-order valence-corrected chi connectivity index (χ1v) is 9.56. The molecule has 0 N–H and O–H groups in total. The van der Waals surface area contributed by atoms with Crippen LogP contribution in [0.2, 0.25) is 15.1 Å². The van der Waals surface area contributed by atoms with E-state index in [9.17, 15) is 0 Å². The summed E-state index contributed by atoms with van der Waals surface area (Å²) in [4.78, 5) is 9.38. The predicted molar refractivity (Wildman–Crippen MR) is 106 cm³/mol. The third-order valence-electron chi connectivity index (χ3n) is 4.16. The van der Waals surface area contributed by atoms with E-state index >= 15 is 0 Å². The Morgan fingerprint density at radius 2 is 1.58 bits per heavy atom. The van der Waals surface area contributed by atoms with Gasteiger partial charge in [-0.1, -0.05) is 46.1 Å².